The van der Waals surface area contributed by atoms with Crippen LogP contribution in [0.25, 0.3) is 10.9 Å². The van der Waals surface area contributed by atoms with Gasteiger partial charge in [0.15, 0.2) is 0 Å². The van der Waals surface area contributed by atoms with Crippen molar-refractivity contribution in [3.05, 3.63) is 64.8 Å². The normalized spacial score (nSPS) is 11.4. The second kappa shape index (κ2) is 7.88. The van der Waals surface area contributed by atoms with E-state index >= 15 is 0 Å². The molecule has 0 saturated heterocycles. The first-order valence-electron chi connectivity index (χ1n) is 8.59. The highest BCUT2D eigenvalue weighted by atomic mass is 35.5. The van der Waals surface area contributed by atoms with Crippen LogP contribution in [0.2, 0.25) is 5.02 Å². The molecule has 0 amide bonds. The number of carbonyl (C=O) groups is 2. The molecule has 0 N–H and O–H groups in total. The first kappa shape index (κ1) is 20.9. The average Bonchev–Trinajstić information content (AvgIpc) is 3.06. The van der Waals surface area contributed by atoms with Gasteiger partial charge in [0.2, 0.25) is 10.0 Å². The lowest BCUT2D eigenvalue weighted by atomic mass is 10.2. The molecule has 0 aliphatic rings. The number of sulfonamides is 1. The van der Waals surface area contributed by atoms with E-state index in [2.05, 4.69) is 0 Å². The molecule has 3 aromatic rings. The van der Waals surface area contributed by atoms with E-state index in [1.807, 2.05) is 0 Å². The van der Waals surface area contributed by atoms with Crippen molar-refractivity contribution in [3.8, 4) is 0 Å². The zero-order valence-electron chi connectivity index (χ0n) is 16.0. The zero-order valence-corrected chi connectivity index (χ0v) is 17.6. The predicted molar refractivity (Wildman–Crippen MR) is 112 cm³/mol. The van der Waals surface area contributed by atoms with Crippen LogP contribution in [0.15, 0.2) is 48.7 Å². The van der Waals surface area contributed by atoms with Crippen LogP contribution >= 0.6 is 11.6 Å². The Hall–Kier alpha value is -2.84. The molecule has 1 aromatic heterocycles. The topological polar surface area (TPSA) is 85.7 Å². The van der Waals surface area contributed by atoms with Gasteiger partial charge in [0.25, 0.3) is 5.91 Å². The molecule has 7 nitrogen and oxygen atoms in total. The molecule has 0 spiro atoms. The van der Waals surface area contributed by atoms with Gasteiger partial charge in [0.05, 0.1) is 30.1 Å². The molecule has 2 aromatic carbocycles. The van der Waals surface area contributed by atoms with Gasteiger partial charge in [0.1, 0.15) is 6.54 Å². The van der Waals surface area contributed by atoms with E-state index < -0.39 is 28.4 Å². The Balaban J connectivity index is 2.08. The van der Waals surface area contributed by atoms with Crippen LogP contribution in [-0.4, -0.2) is 44.8 Å². The minimum absolute atomic E-state index is 0.223. The quantitative estimate of drug-likeness (QED) is 0.574. The minimum Gasteiger partial charge on any atom is -0.465 e. The number of esters is 1. The summed E-state index contributed by atoms with van der Waals surface area (Å²) in [6, 6.07) is 11.7. The number of benzene rings is 2. The van der Waals surface area contributed by atoms with Gasteiger partial charge in [0, 0.05) is 16.6 Å². The molecule has 9 heteroatoms. The summed E-state index contributed by atoms with van der Waals surface area (Å²) in [5.74, 6) is -1.11. The molecule has 0 saturated carbocycles. The van der Waals surface area contributed by atoms with E-state index in [0.29, 0.717) is 27.2 Å². The third-order valence-corrected chi connectivity index (χ3v) is 5.87. The standard InChI is InChI=1S/C20H19ClN2O5S/c1-13-8-9-14(21)10-18(13)23(29(3,26)27)12-19(24)22-11-16(20(25)28-2)15-6-4-5-7-17(15)22/h4-11H,12H2,1-3H3. The first-order chi connectivity index (χ1) is 13.6. The number of aromatic nitrogens is 1. The van der Waals surface area contributed by atoms with Gasteiger partial charge < -0.3 is 4.74 Å². The second-order valence-corrected chi connectivity index (χ2v) is 8.86. The van der Waals surface area contributed by atoms with Crippen molar-refractivity contribution < 1.29 is 22.7 Å². The molecule has 29 heavy (non-hydrogen) atoms. The Kier molecular flexibility index (Phi) is 5.68. The van der Waals surface area contributed by atoms with Gasteiger partial charge in [-0.2, -0.15) is 0 Å². The summed E-state index contributed by atoms with van der Waals surface area (Å²) < 4.78 is 31.9. The van der Waals surface area contributed by atoms with E-state index in [0.717, 1.165) is 10.6 Å². The number of aryl methyl sites for hydroxylation is 1. The van der Waals surface area contributed by atoms with Gasteiger partial charge in [-0.05, 0) is 30.7 Å². The molecular weight excluding hydrogens is 416 g/mol. The summed E-state index contributed by atoms with van der Waals surface area (Å²) in [6.45, 7) is 1.27. The molecule has 0 unspecified atom stereocenters. The van der Waals surface area contributed by atoms with Crippen molar-refractivity contribution in [1.29, 1.82) is 0 Å². The van der Waals surface area contributed by atoms with E-state index in [4.69, 9.17) is 16.3 Å². The number of nitrogens with zero attached hydrogens (tertiary/aromatic N) is 2. The van der Waals surface area contributed by atoms with Crippen LogP contribution in [0.3, 0.4) is 0 Å². The Morgan fingerprint density at radius 2 is 1.86 bits per heavy atom. The summed E-state index contributed by atoms with van der Waals surface area (Å²) in [4.78, 5) is 25.2. The molecular formula is C20H19ClN2O5S. The first-order valence-corrected chi connectivity index (χ1v) is 10.8. The van der Waals surface area contributed by atoms with Crippen LogP contribution in [0.4, 0.5) is 5.69 Å². The average molecular weight is 435 g/mol. The lowest BCUT2D eigenvalue weighted by Crippen LogP contribution is -2.37. The fourth-order valence-corrected chi connectivity index (χ4v) is 4.16. The summed E-state index contributed by atoms with van der Waals surface area (Å²) in [7, 11) is -2.53. The number of hydrogen-bond acceptors (Lipinski definition) is 5. The van der Waals surface area contributed by atoms with Gasteiger partial charge in [-0.25, -0.2) is 13.2 Å². The number of methoxy groups -OCH3 is 1. The number of anilines is 1. The van der Waals surface area contributed by atoms with Crippen molar-refractivity contribution in [1.82, 2.24) is 4.57 Å². The summed E-state index contributed by atoms with van der Waals surface area (Å²) in [6.07, 6.45) is 2.39. The van der Waals surface area contributed by atoms with Crippen LogP contribution < -0.4 is 4.31 Å². The number of hydrogen-bond donors (Lipinski definition) is 0. The fourth-order valence-electron chi connectivity index (χ4n) is 3.09. The van der Waals surface area contributed by atoms with Crippen molar-refractivity contribution in [2.45, 2.75) is 6.92 Å². The molecule has 3 rings (SSSR count). The van der Waals surface area contributed by atoms with Crippen molar-refractivity contribution >= 4 is 50.1 Å². The predicted octanol–water partition coefficient (Wildman–Crippen LogP) is 3.50. The lowest BCUT2D eigenvalue weighted by Gasteiger charge is -2.24. The summed E-state index contributed by atoms with van der Waals surface area (Å²) in [5, 5.41) is 0.892. The molecule has 0 bridgehead atoms. The third kappa shape index (κ3) is 4.13. The van der Waals surface area contributed by atoms with Gasteiger partial charge >= 0.3 is 5.97 Å². The van der Waals surface area contributed by atoms with E-state index in [1.54, 1.807) is 43.3 Å². The SMILES string of the molecule is COC(=O)c1cn(C(=O)CN(c2cc(Cl)ccc2C)S(C)(=O)=O)c2ccccc12. The van der Waals surface area contributed by atoms with E-state index in [9.17, 15) is 18.0 Å². The summed E-state index contributed by atoms with van der Waals surface area (Å²) in [5.41, 5.74) is 1.67. The lowest BCUT2D eigenvalue weighted by molar-refractivity contribution is 0.0603. The van der Waals surface area contributed by atoms with Crippen molar-refractivity contribution in [2.24, 2.45) is 0 Å². The molecule has 0 radical (unpaired) electrons. The highest BCUT2D eigenvalue weighted by molar-refractivity contribution is 7.92. The maximum atomic E-state index is 13.1. The molecule has 0 atom stereocenters. The van der Waals surface area contributed by atoms with E-state index in [1.165, 1.54) is 23.9 Å². The molecule has 0 fully saturated rings. The van der Waals surface area contributed by atoms with Crippen LogP contribution in [0, 0.1) is 6.92 Å². The zero-order chi connectivity index (χ0) is 21.3. The second-order valence-electron chi connectivity index (χ2n) is 6.52. The van der Waals surface area contributed by atoms with Crippen molar-refractivity contribution in [2.75, 3.05) is 24.2 Å². The maximum absolute atomic E-state index is 13.1. The maximum Gasteiger partial charge on any atom is 0.340 e. The van der Waals surface area contributed by atoms with Crippen molar-refractivity contribution in [3.63, 3.8) is 0 Å². The highest BCUT2D eigenvalue weighted by Gasteiger charge is 2.25. The molecule has 0 aliphatic heterocycles. The molecule has 152 valence electrons. The van der Waals surface area contributed by atoms with E-state index in [-0.39, 0.29) is 5.56 Å². The Morgan fingerprint density at radius 3 is 2.52 bits per heavy atom. The number of para-hydroxylation sites is 1. The van der Waals surface area contributed by atoms with Crippen LogP contribution in [-0.2, 0) is 14.8 Å². The number of ether oxygens (including phenoxy) is 1. The van der Waals surface area contributed by atoms with Gasteiger partial charge in [-0.1, -0.05) is 35.9 Å². The number of rotatable bonds is 5. The fraction of sp³-hybridized carbons (Fsp3) is 0.200. The number of fused-ring (bicyclic) bond motifs is 1. The number of carbonyl (C=O) groups excluding carboxylic acids is 2. The molecule has 0 aliphatic carbocycles. The Morgan fingerprint density at radius 1 is 1.17 bits per heavy atom. The van der Waals surface area contributed by atoms with Gasteiger partial charge in [-0.3, -0.25) is 13.7 Å². The minimum atomic E-state index is -3.78. The van der Waals surface area contributed by atoms with Crippen LogP contribution in [0.5, 0.6) is 0 Å². The number of halogens is 1. The highest BCUT2D eigenvalue weighted by Crippen LogP contribution is 2.27. The largest absolute Gasteiger partial charge is 0.465 e. The molecule has 1 heterocycles. The monoisotopic (exact) mass is 434 g/mol. The smallest absolute Gasteiger partial charge is 0.340 e. The summed E-state index contributed by atoms with van der Waals surface area (Å²) >= 11 is 6.03. The Labute approximate surface area is 173 Å². The Bertz CT molecular complexity index is 1220. The van der Waals surface area contributed by atoms with Gasteiger partial charge in [-0.15, -0.1) is 0 Å². The third-order valence-electron chi connectivity index (χ3n) is 4.51. The van der Waals surface area contributed by atoms with Crippen LogP contribution in [0.1, 0.15) is 20.7 Å².